The molecule has 0 N–H and O–H groups in total. The van der Waals surface area contributed by atoms with Gasteiger partial charge in [-0.15, -0.1) is 11.8 Å². The number of pyridine rings is 1. The summed E-state index contributed by atoms with van der Waals surface area (Å²) in [6.45, 7) is 3.53. The highest BCUT2D eigenvalue weighted by Gasteiger charge is 2.03. The Kier molecular flexibility index (Phi) is 4.79. The van der Waals surface area contributed by atoms with Crippen LogP contribution < -0.4 is 4.74 Å². The molecule has 0 saturated heterocycles. The summed E-state index contributed by atoms with van der Waals surface area (Å²) in [5, 5.41) is 0. The summed E-state index contributed by atoms with van der Waals surface area (Å²) >= 11 is 1.69. The number of thioether (sulfide) groups is 1. The lowest BCUT2D eigenvalue weighted by atomic mass is 10.2. The molecular formula is C16H17NO2S. The third-order valence-electron chi connectivity index (χ3n) is 2.86. The first kappa shape index (κ1) is 14.6. The second-order valence-corrected chi connectivity index (χ2v) is 5.56. The van der Waals surface area contributed by atoms with Crippen molar-refractivity contribution in [1.29, 1.82) is 0 Å². The van der Waals surface area contributed by atoms with Crippen molar-refractivity contribution >= 4 is 17.5 Å². The Morgan fingerprint density at radius 1 is 1.25 bits per heavy atom. The number of ketones is 1. The van der Waals surface area contributed by atoms with E-state index in [-0.39, 0.29) is 5.78 Å². The molecular weight excluding hydrogens is 270 g/mol. The first-order valence-electron chi connectivity index (χ1n) is 6.34. The Morgan fingerprint density at radius 2 is 1.95 bits per heavy atom. The van der Waals surface area contributed by atoms with Crippen molar-refractivity contribution in [2.75, 3.05) is 7.11 Å². The number of hydrogen-bond acceptors (Lipinski definition) is 4. The van der Waals surface area contributed by atoms with Crippen LogP contribution in [-0.4, -0.2) is 17.9 Å². The fraction of sp³-hybridized carbons (Fsp3) is 0.250. The lowest BCUT2D eigenvalue weighted by molar-refractivity contribution is 0.101. The van der Waals surface area contributed by atoms with E-state index in [2.05, 4.69) is 4.98 Å². The molecule has 0 aliphatic heterocycles. The molecule has 2 aromatic rings. The molecule has 0 saturated carbocycles. The van der Waals surface area contributed by atoms with Crippen LogP contribution in [0.1, 0.15) is 28.7 Å². The van der Waals surface area contributed by atoms with Crippen LogP contribution in [0.4, 0.5) is 0 Å². The Labute approximate surface area is 123 Å². The molecule has 1 aromatic heterocycles. The molecule has 0 spiro atoms. The maximum atomic E-state index is 11.2. The van der Waals surface area contributed by atoms with Crippen LogP contribution in [0, 0.1) is 6.92 Å². The summed E-state index contributed by atoms with van der Waals surface area (Å²) in [5.41, 5.74) is 2.68. The second-order valence-electron chi connectivity index (χ2n) is 4.51. The van der Waals surface area contributed by atoms with Crippen molar-refractivity contribution < 1.29 is 9.53 Å². The lowest BCUT2D eigenvalue weighted by Gasteiger charge is -2.06. The number of Topliss-reactive ketones (excluding diaryl/α,β-unsaturated/α-hetero) is 1. The SMILES string of the molecule is COc1cc(C)nc(CSc2ccc(C(C)=O)cc2)c1. The molecule has 3 nitrogen and oxygen atoms in total. The van der Waals surface area contributed by atoms with E-state index in [0.717, 1.165) is 33.3 Å². The average molecular weight is 287 g/mol. The second kappa shape index (κ2) is 6.57. The zero-order valence-electron chi connectivity index (χ0n) is 11.8. The van der Waals surface area contributed by atoms with Crippen LogP contribution in [0.2, 0.25) is 0 Å². The number of aromatic nitrogens is 1. The van der Waals surface area contributed by atoms with Gasteiger partial charge in [0.05, 0.1) is 12.8 Å². The summed E-state index contributed by atoms with van der Waals surface area (Å²) in [7, 11) is 1.66. The topological polar surface area (TPSA) is 39.2 Å². The first-order valence-corrected chi connectivity index (χ1v) is 7.32. The van der Waals surface area contributed by atoms with Gasteiger partial charge in [0.25, 0.3) is 0 Å². The quantitative estimate of drug-likeness (QED) is 0.617. The van der Waals surface area contributed by atoms with E-state index in [1.807, 2.05) is 43.3 Å². The van der Waals surface area contributed by atoms with Crippen molar-refractivity contribution in [2.24, 2.45) is 0 Å². The minimum Gasteiger partial charge on any atom is -0.497 e. The summed E-state index contributed by atoms with van der Waals surface area (Å²) in [5.74, 6) is 1.70. The van der Waals surface area contributed by atoms with Gasteiger partial charge in [-0.1, -0.05) is 12.1 Å². The number of carbonyl (C=O) groups is 1. The van der Waals surface area contributed by atoms with Gasteiger partial charge in [-0.25, -0.2) is 0 Å². The van der Waals surface area contributed by atoms with Crippen molar-refractivity contribution in [1.82, 2.24) is 4.98 Å². The molecule has 0 aliphatic rings. The summed E-state index contributed by atoms with van der Waals surface area (Å²) in [6, 6.07) is 11.5. The largest absolute Gasteiger partial charge is 0.497 e. The number of nitrogens with zero attached hydrogens (tertiary/aromatic N) is 1. The van der Waals surface area contributed by atoms with Crippen molar-refractivity contribution in [2.45, 2.75) is 24.5 Å². The van der Waals surface area contributed by atoms with Gasteiger partial charge in [0.1, 0.15) is 5.75 Å². The lowest BCUT2D eigenvalue weighted by Crippen LogP contribution is -1.93. The Hall–Kier alpha value is -1.81. The van der Waals surface area contributed by atoms with Crippen LogP contribution in [0.5, 0.6) is 5.75 Å². The predicted octanol–water partition coefficient (Wildman–Crippen LogP) is 3.89. The van der Waals surface area contributed by atoms with Crippen molar-refractivity contribution in [3.8, 4) is 5.75 Å². The smallest absolute Gasteiger partial charge is 0.159 e. The van der Waals surface area contributed by atoms with Crippen molar-refractivity contribution in [3.63, 3.8) is 0 Å². The third-order valence-corrected chi connectivity index (χ3v) is 3.91. The molecule has 0 bridgehead atoms. The monoisotopic (exact) mass is 287 g/mol. The summed E-state index contributed by atoms with van der Waals surface area (Å²) < 4.78 is 5.24. The highest BCUT2D eigenvalue weighted by molar-refractivity contribution is 7.98. The van der Waals surface area contributed by atoms with Gasteiger partial charge in [0.2, 0.25) is 0 Å². The third kappa shape index (κ3) is 3.84. The number of ether oxygens (including phenoxy) is 1. The average Bonchev–Trinajstić information content (AvgIpc) is 2.45. The predicted molar refractivity (Wildman–Crippen MR) is 81.5 cm³/mol. The van der Waals surface area contributed by atoms with Crippen LogP contribution in [-0.2, 0) is 5.75 Å². The molecule has 104 valence electrons. The van der Waals surface area contributed by atoms with E-state index in [1.54, 1.807) is 25.8 Å². The van der Waals surface area contributed by atoms with Crippen LogP contribution >= 0.6 is 11.8 Å². The van der Waals surface area contributed by atoms with E-state index in [0.29, 0.717) is 0 Å². The molecule has 0 radical (unpaired) electrons. The molecule has 4 heteroatoms. The van der Waals surface area contributed by atoms with Gasteiger partial charge in [0, 0.05) is 34.0 Å². The van der Waals surface area contributed by atoms with Crippen LogP contribution in [0.15, 0.2) is 41.3 Å². The molecule has 20 heavy (non-hydrogen) atoms. The Bertz CT molecular complexity index is 608. The highest BCUT2D eigenvalue weighted by Crippen LogP contribution is 2.24. The van der Waals surface area contributed by atoms with E-state index >= 15 is 0 Å². The van der Waals surface area contributed by atoms with Crippen LogP contribution in [0.25, 0.3) is 0 Å². The van der Waals surface area contributed by atoms with Crippen molar-refractivity contribution in [3.05, 3.63) is 53.3 Å². The Balaban J connectivity index is 2.04. The standard InChI is InChI=1S/C16H17NO2S/c1-11-8-15(19-3)9-14(17-11)10-20-16-6-4-13(5-7-16)12(2)18/h4-9H,10H2,1-3H3. The number of aryl methyl sites for hydroxylation is 1. The first-order chi connectivity index (χ1) is 9.58. The van der Waals surface area contributed by atoms with Gasteiger partial charge in [0.15, 0.2) is 5.78 Å². The molecule has 0 aliphatic carbocycles. The molecule has 0 unspecified atom stereocenters. The molecule has 2 rings (SSSR count). The summed E-state index contributed by atoms with van der Waals surface area (Å²) in [4.78, 5) is 16.8. The fourth-order valence-corrected chi connectivity index (χ4v) is 2.63. The van der Waals surface area contributed by atoms with Crippen LogP contribution in [0.3, 0.4) is 0 Å². The fourth-order valence-electron chi connectivity index (χ4n) is 1.84. The number of hydrogen-bond donors (Lipinski definition) is 0. The summed E-state index contributed by atoms with van der Waals surface area (Å²) in [6.07, 6.45) is 0. The molecule has 0 amide bonds. The number of methoxy groups -OCH3 is 1. The number of benzene rings is 1. The zero-order valence-corrected chi connectivity index (χ0v) is 12.7. The van der Waals surface area contributed by atoms with Gasteiger partial charge < -0.3 is 4.74 Å². The maximum Gasteiger partial charge on any atom is 0.159 e. The zero-order chi connectivity index (χ0) is 14.5. The molecule has 0 fully saturated rings. The minimum absolute atomic E-state index is 0.0895. The highest BCUT2D eigenvalue weighted by atomic mass is 32.2. The molecule has 0 atom stereocenters. The maximum absolute atomic E-state index is 11.2. The van der Waals surface area contributed by atoms with E-state index < -0.39 is 0 Å². The van der Waals surface area contributed by atoms with E-state index in [1.165, 1.54) is 0 Å². The van der Waals surface area contributed by atoms with Gasteiger partial charge in [-0.05, 0) is 26.0 Å². The van der Waals surface area contributed by atoms with Gasteiger partial charge in [-0.3, -0.25) is 9.78 Å². The van der Waals surface area contributed by atoms with Gasteiger partial charge >= 0.3 is 0 Å². The molecule has 1 heterocycles. The van der Waals surface area contributed by atoms with E-state index in [9.17, 15) is 4.79 Å². The Morgan fingerprint density at radius 3 is 2.55 bits per heavy atom. The van der Waals surface area contributed by atoms with E-state index in [4.69, 9.17) is 4.74 Å². The molecule has 1 aromatic carbocycles. The normalized spacial score (nSPS) is 10.3. The number of rotatable bonds is 5. The number of carbonyl (C=O) groups excluding carboxylic acids is 1. The van der Waals surface area contributed by atoms with Gasteiger partial charge in [-0.2, -0.15) is 0 Å². The minimum atomic E-state index is 0.0895.